The molecule has 0 aromatic heterocycles. The first-order valence-corrected chi connectivity index (χ1v) is 10.1. The number of benzene rings is 2. The van der Waals surface area contributed by atoms with Crippen LogP contribution in [0.3, 0.4) is 0 Å². The Hall–Kier alpha value is -3.05. The van der Waals surface area contributed by atoms with Gasteiger partial charge in [-0.3, -0.25) is 10.1 Å². The van der Waals surface area contributed by atoms with Gasteiger partial charge in [0.1, 0.15) is 13.2 Å². The first-order valence-electron chi connectivity index (χ1n) is 8.64. The number of methoxy groups -OCH3 is 2. The molecule has 1 N–H and O–H groups in total. The largest absolute Gasteiger partial charge is 0.493 e. The molecule has 1 aliphatic heterocycles. The highest BCUT2D eigenvalue weighted by atomic mass is 32.2. The molecule has 11 heteroatoms. The second-order valence-electron chi connectivity index (χ2n) is 6.05. The first kappa shape index (κ1) is 20.7. The number of nitro groups is 1. The van der Waals surface area contributed by atoms with E-state index >= 15 is 0 Å². The van der Waals surface area contributed by atoms with E-state index in [9.17, 15) is 18.5 Å². The summed E-state index contributed by atoms with van der Waals surface area (Å²) in [7, 11) is -1.04. The summed E-state index contributed by atoms with van der Waals surface area (Å²) in [6.45, 7) is 0.696. The number of hydrogen-bond acceptors (Lipinski definition) is 8. The lowest BCUT2D eigenvalue weighted by Gasteiger charge is -2.19. The van der Waals surface area contributed by atoms with Crippen molar-refractivity contribution in [2.45, 2.75) is 11.3 Å². The first-order chi connectivity index (χ1) is 13.9. The SMILES string of the molecule is COc1cc(CCNS(=O)(=O)c2ccc3c(c2)OCCO3)c([N+](=O)[O-])cc1OC. The van der Waals surface area contributed by atoms with Crippen molar-refractivity contribution < 1.29 is 32.3 Å². The lowest BCUT2D eigenvalue weighted by molar-refractivity contribution is -0.385. The summed E-state index contributed by atoms with van der Waals surface area (Å²) in [5.41, 5.74) is 0.138. The normalized spacial score (nSPS) is 13.0. The van der Waals surface area contributed by atoms with Crippen LogP contribution in [0.4, 0.5) is 5.69 Å². The maximum atomic E-state index is 12.6. The van der Waals surface area contributed by atoms with E-state index in [4.69, 9.17) is 18.9 Å². The molecule has 10 nitrogen and oxygen atoms in total. The second-order valence-corrected chi connectivity index (χ2v) is 7.81. The van der Waals surface area contributed by atoms with Gasteiger partial charge in [0.15, 0.2) is 23.0 Å². The van der Waals surface area contributed by atoms with Gasteiger partial charge in [-0.05, 0) is 24.6 Å². The number of rotatable bonds is 8. The summed E-state index contributed by atoms with van der Waals surface area (Å²) in [4.78, 5) is 10.8. The molecule has 0 spiro atoms. The molecule has 0 amide bonds. The van der Waals surface area contributed by atoms with E-state index in [-0.39, 0.29) is 29.3 Å². The number of nitro benzene ring substituents is 1. The lowest BCUT2D eigenvalue weighted by Crippen LogP contribution is -2.26. The fraction of sp³-hybridized carbons (Fsp3) is 0.333. The van der Waals surface area contributed by atoms with E-state index in [2.05, 4.69) is 4.72 Å². The predicted molar refractivity (Wildman–Crippen MR) is 103 cm³/mol. The van der Waals surface area contributed by atoms with Gasteiger partial charge in [0.05, 0.1) is 30.1 Å². The Labute approximate surface area is 167 Å². The zero-order valence-electron chi connectivity index (χ0n) is 15.8. The van der Waals surface area contributed by atoms with Crippen LogP contribution in [-0.2, 0) is 16.4 Å². The highest BCUT2D eigenvalue weighted by Gasteiger charge is 2.22. The molecule has 1 heterocycles. The molecule has 0 saturated carbocycles. The number of fused-ring (bicyclic) bond motifs is 1. The van der Waals surface area contributed by atoms with Gasteiger partial charge < -0.3 is 18.9 Å². The van der Waals surface area contributed by atoms with E-state index in [0.29, 0.717) is 36.0 Å². The predicted octanol–water partition coefficient (Wildman–Crippen LogP) is 1.90. The maximum Gasteiger partial charge on any atom is 0.276 e. The molecule has 29 heavy (non-hydrogen) atoms. The Morgan fingerprint density at radius 3 is 2.38 bits per heavy atom. The summed E-state index contributed by atoms with van der Waals surface area (Å²) >= 11 is 0. The molecule has 0 aliphatic carbocycles. The van der Waals surface area contributed by atoms with Gasteiger partial charge in [0, 0.05) is 18.2 Å². The van der Waals surface area contributed by atoms with Crippen LogP contribution in [0.15, 0.2) is 35.2 Å². The van der Waals surface area contributed by atoms with Gasteiger partial charge >= 0.3 is 0 Å². The maximum absolute atomic E-state index is 12.6. The van der Waals surface area contributed by atoms with Crippen LogP contribution in [-0.4, -0.2) is 47.3 Å². The van der Waals surface area contributed by atoms with Crippen molar-refractivity contribution in [3.63, 3.8) is 0 Å². The number of nitrogens with zero attached hydrogens (tertiary/aromatic N) is 1. The zero-order chi connectivity index (χ0) is 21.0. The molecule has 0 unspecified atom stereocenters. The van der Waals surface area contributed by atoms with E-state index in [1.54, 1.807) is 0 Å². The van der Waals surface area contributed by atoms with Crippen LogP contribution < -0.4 is 23.7 Å². The molecular weight excluding hydrogens is 404 g/mol. The van der Waals surface area contributed by atoms with E-state index in [1.807, 2.05) is 0 Å². The van der Waals surface area contributed by atoms with Crippen LogP contribution in [0, 0.1) is 10.1 Å². The standard InChI is InChI=1S/C18H20N2O8S/c1-25-16-9-12(14(20(21)22)11-17(16)26-2)5-6-19-29(23,24)13-3-4-15-18(10-13)28-8-7-27-15/h3-4,9-11,19H,5-8H2,1-2H3. The summed E-state index contributed by atoms with van der Waals surface area (Å²) in [5.74, 6) is 1.38. The van der Waals surface area contributed by atoms with Gasteiger partial charge in [-0.15, -0.1) is 0 Å². The minimum absolute atomic E-state index is 0.0172. The Bertz CT molecular complexity index is 1020. The van der Waals surface area contributed by atoms with Crippen LogP contribution in [0.1, 0.15) is 5.56 Å². The Morgan fingerprint density at radius 1 is 1.07 bits per heavy atom. The van der Waals surface area contributed by atoms with Crippen LogP contribution in [0.2, 0.25) is 0 Å². The van der Waals surface area contributed by atoms with E-state index in [0.717, 1.165) is 0 Å². The summed E-state index contributed by atoms with van der Waals surface area (Å²) in [6, 6.07) is 7.05. The smallest absolute Gasteiger partial charge is 0.276 e. The number of nitrogens with one attached hydrogen (secondary N) is 1. The van der Waals surface area contributed by atoms with Gasteiger partial charge in [-0.1, -0.05) is 0 Å². The second kappa shape index (κ2) is 8.53. The molecule has 3 rings (SSSR count). The molecule has 0 atom stereocenters. The van der Waals surface area contributed by atoms with Gasteiger partial charge in [-0.25, -0.2) is 13.1 Å². The average molecular weight is 424 g/mol. The van der Waals surface area contributed by atoms with Gasteiger partial charge in [0.25, 0.3) is 5.69 Å². The van der Waals surface area contributed by atoms with E-state index < -0.39 is 14.9 Å². The van der Waals surface area contributed by atoms with Crippen LogP contribution in [0.25, 0.3) is 0 Å². The number of sulfonamides is 1. The Kier molecular flexibility index (Phi) is 6.09. The third-order valence-electron chi connectivity index (χ3n) is 4.29. The quantitative estimate of drug-likeness (QED) is 0.503. The van der Waals surface area contributed by atoms with Crippen molar-refractivity contribution in [3.8, 4) is 23.0 Å². The van der Waals surface area contributed by atoms with Crippen molar-refractivity contribution in [2.75, 3.05) is 34.0 Å². The van der Waals surface area contributed by atoms with Crippen molar-refractivity contribution in [1.29, 1.82) is 0 Å². The zero-order valence-corrected chi connectivity index (χ0v) is 16.7. The van der Waals surface area contributed by atoms with Crippen molar-refractivity contribution in [3.05, 3.63) is 46.0 Å². The minimum atomic E-state index is -3.84. The fourth-order valence-electron chi connectivity index (χ4n) is 2.87. The molecule has 156 valence electrons. The van der Waals surface area contributed by atoms with Crippen molar-refractivity contribution in [2.24, 2.45) is 0 Å². The highest BCUT2D eigenvalue weighted by Crippen LogP contribution is 2.35. The average Bonchev–Trinajstić information content (AvgIpc) is 2.72. The fourth-order valence-corrected chi connectivity index (χ4v) is 3.92. The molecule has 0 fully saturated rings. The Balaban J connectivity index is 1.76. The monoisotopic (exact) mass is 424 g/mol. The third-order valence-corrected chi connectivity index (χ3v) is 5.75. The molecule has 0 radical (unpaired) electrons. The summed E-state index contributed by atoms with van der Waals surface area (Å²) < 4.78 is 48.6. The van der Waals surface area contributed by atoms with Crippen LogP contribution in [0.5, 0.6) is 23.0 Å². The summed E-state index contributed by atoms with van der Waals surface area (Å²) in [5, 5.41) is 11.4. The van der Waals surface area contributed by atoms with Crippen molar-refractivity contribution in [1.82, 2.24) is 4.72 Å². The molecular formula is C18H20N2O8S. The molecule has 2 aromatic carbocycles. The third kappa shape index (κ3) is 4.51. The van der Waals surface area contributed by atoms with Crippen molar-refractivity contribution >= 4 is 15.7 Å². The molecule has 1 aliphatic rings. The number of ether oxygens (including phenoxy) is 4. The summed E-state index contributed by atoms with van der Waals surface area (Å²) in [6.07, 6.45) is 0.0838. The molecule has 2 aromatic rings. The van der Waals surface area contributed by atoms with Gasteiger partial charge in [-0.2, -0.15) is 0 Å². The highest BCUT2D eigenvalue weighted by molar-refractivity contribution is 7.89. The topological polar surface area (TPSA) is 126 Å². The lowest BCUT2D eigenvalue weighted by atomic mass is 10.1. The van der Waals surface area contributed by atoms with Crippen LogP contribution >= 0.6 is 0 Å². The number of hydrogen-bond donors (Lipinski definition) is 1. The molecule has 0 bridgehead atoms. The minimum Gasteiger partial charge on any atom is -0.493 e. The van der Waals surface area contributed by atoms with Gasteiger partial charge in [0.2, 0.25) is 10.0 Å². The Morgan fingerprint density at radius 2 is 1.72 bits per heavy atom. The molecule has 0 saturated heterocycles. The van der Waals surface area contributed by atoms with E-state index in [1.165, 1.54) is 44.6 Å².